The standard InChI is InChI=1S/C16H16N4O4S/c17-14(22)9-6-25-7-10(9)15(23)18-5-8-4-12(8)20-16(24)11-2-1-3-13(21)19-11/h1-3,6-8,12H,4-5H2,(H2,17,22)(H,18,23)(H,19,21)(H,20,24)/t8-,12+/m0/s1. The fraction of sp³-hybridized carbons (Fsp3) is 0.250. The summed E-state index contributed by atoms with van der Waals surface area (Å²) >= 11 is 1.23. The lowest BCUT2D eigenvalue weighted by atomic mass is 10.2. The van der Waals surface area contributed by atoms with Gasteiger partial charge in [0.05, 0.1) is 11.1 Å². The van der Waals surface area contributed by atoms with Gasteiger partial charge in [0.15, 0.2) is 0 Å². The van der Waals surface area contributed by atoms with Gasteiger partial charge in [-0.05, 0) is 18.4 Å². The van der Waals surface area contributed by atoms with Crippen molar-refractivity contribution < 1.29 is 14.4 Å². The molecule has 0 aliphatic heterocycles. The summed E-state index contributed by atoms with van der Waals surface area (Å²) in [6.07, 6.45) is 0.732. The summed E-state index contributed by atoms with van der Waals surface area (Å²) in [4.78, 5) is 49.0. The average Bonchev–Trinajstić information content (AvgIpc) is 3.11. The first-order chi connectivity index (χ1) is 12.0. The highest BCUT2D eigenvalue weighted by molar-refractivity contribution is 7.08. The normalized spacial score (nSPS) is 18.4. The Bertz CT molecular complexity index is 888. The van der Waals surface area contributed by atoms with Crippen molar-refractivity contribution in [3.8, 4) is 0 Å². The molecule has 5 N–H and O–H groups in total. The number of nitrogens with one attached hydrogen (secondary N) is 3. The van der Waals surface area contributed by atoms with Gasteiger partial charge in [-0.3, -0.25) is 19.2 Å². The number of aromatic nitrogens is 1. The Kier molecular flexibility index (Phi) is 4.66. The first kappa shape index (κ1) is 16.9. The second-order valence-corrected chi connectivity index (χ2v) is 6.52. The third kappa shape index (κ3) is 3.94. The minimum atomic E-state index is -0.639. The number of pyridine rings is 1. The SMILES string of the molecule is NC(=O)c1cscc1C(=O)NC[C@@H]1C[C@H]1NC(=O)c1cccc(=O)[nH]1. The Morgan fingerprint density at radius 3 is 2.68 bits per heavy atom. The Hall–Kier alpha value is -2.94. The Balaban J connectivity index is 1.49. The molecular formula is C16H16N4O4S. The van der Waals surface area contributed by atoms with Gasteiger partial charge >= 0.3 is 0 Å². The average molecular weight is 360 g/mol. The molecule has 0 bridgehead atoms. The molecule has 25 heavy (non-hydrogen) atoms. The number of thiophene rings is 1. The summed E-state index contributed by atoms with van der Waals surface area (Å²) < 4.78 is 0. The summed E-state index contributed by atoms with van der Waals surface area (Å²) in [6, 6.07) is 4.30. The van der Waals surface area contributed by atoms with E-state index in [9.17, 15) is 19.2 Å². The molecule has 0 spiro atoms. The largest absolute Gasteiger partial charge is 0.366 e. The second kappa shape index (κ2) is 6.89. The number of aromatic amines is 1. The van der Waals surface area contributed by atoms with Crippen LogP contribution in [0.5, 0.6) is 0 Å². The molecule has 9 heteroatoms. The quantitative estimate of drug-likeness (QED) is 0.580. The van der Waals surface area contributed by atoms with Gasteiger partial charge in [0.1, 0.15) is 5.69 Å². The molecule has 2 aromatic rings. The van der Waals surface area contributed by atoms with Gasteiger partial charge in [-0.1, -0.05) is 6.07 Å². The number of carbonyl (C=O) groups excluding carboxylic acids is 3. The highest BCUT2D eigenvalue weighted by Crippen LogP contribution is 2.29. The topological polar surface area (TPSA) is 134 Å². The van der Waals surface area contributed by atoms with Crippen LogP contribution < -0.4 is 21.9 Å². The van der Waals surface area contributed by atoms with Gasteiger partial charge < -0.3 is 21.4 Å². The smallest absolute Gasteiger partial charge is 0.268 e. The molecule has 1 aliphatic rings. The number of H-pyrrole nitrogens is 1. The van der Waals surface area contributed by atoms with Crippen molar-refractivity contribution in [2.24, 2.45) is 11.7 Å². The van der Waals surface area contributed by atoms with E-state index in [0.29, 0.717) is 6.54 Å². The minimum absolute atomic E-state index is 0.0606. The fourth-order valence-electron chi connectivity index (χ4n) is 2.46. The van der Waals surface area contributed by atoms with Crippen LogP contribution in [-0.4, -0.2) is 35.3 Å². The maximum Gasteiger partial charge on any atom is 0.268 e. The Morgan fingerprint density at radius 1 is 1.20 bits per heavy atom. The molecule has 0 radical (unpaired) electrons. The summed E-state index contributed by atoms with van der Waals surface area (Å²) in [5.41, 5.74) is 5.55. The molecule has 130 valence electrons. The molecule has 2 atom stereocenters. The highest BCUT2D eigenvalue weighted by atomic mass is 32.1. The van der Waals surface area contributed by atoms with Crippen LogP contribution in [0.3, 0.4) is 0 Å². The van der Waals surface area contributed by atoms with Crippen LogP contribution in [-0.2, 0) is 0 Å². The number of primary amides is 1. The van der Waals surface area contributed by atoms with Crippen LogP contribution in [0.4, 0.5) is 0 Å². The van der Waals surface area contributed by atoms with Crippen LogP contribution in [0.2, 0.25) is 0 Å². The van der Waals surface area contributed by atoms with Crippen molar-refractivity contribution in [1.29, 1.82) is 0 Å². The van der Waals surface area contributed by atoms with Crippen molar-refractivity contribution in [1.82, 2.24) is 15.6 Å². The van der Waals surface area contributed by atoms with Gasteiger partial charge in [0.2, 0.25) is 11.5 Å². The second-order valence-electron chi connectivity index (χ2n) is 5.78. The number of hydrogen-bond acceptors (Lipinski definition) is 5. The molecule has 3 amide bonds. The van der Waals surface area contributed by atoms with Crippen molar-refractivity contribution in [3.05, 3.63) is 56.1 Å². The van der Waals surface area contributed by atoms with Gasteiger partial charge in [0.25, 0.3) is 11.8 Å². The third-order valence-electron chi connectivity index (χ3n) is 3.95. The predicted molar refractivity (Wildman–Crippen MR) is 91.6 cm³/mol. The number of carbonyl (C=O) groups is 3. The fourth-order valence-corrected chi connectivity index (χ4v) is 3.28. The van der Waals surface area contributed by atoms with Gasteiger partial charge in [0, 0.05) is 29.4 Å². The molecule has 0 saturated heterocycles. The van der Waals surface area contributed by atoms with E-state index in [1.165, 1.54) is 34.9 Å². The van der Waals surface area contributed by atoms with Crippen molar-refractivity contribution in [2.75, 3.05) is 6.54 Å². The molecule has 1 fully saturated rings. The van der Waals surface area contributed by atoms with Crippen molar-refractivity contribution in [2.45, 2.75) is 12.5 Å². The molecule has 1 saturated carbocycles. The number of rotatable bonds is 6. The van der Waals surface area contributed by atoms with Crippen LogP contribution in [0.25, 0.3) is 0 Å². The number of amides is 3. The predicted octanol–water partition coefficient (Wildman–Crippen LogP) is 0.0836. The molecular weight excluding hydrogens is 344 g/mol. The van der Waals surface area contributed by atoms with Gasteiger partial charge in [-0.25, -0.2) is 0 Å². The molecule has 2 aromatic heterocycles. The lowest BCUT2D eigenvalue weighted by Gasteiger charge is -2.06. The van der Waals surface area contributed by atoms with Crippen molar-refractivity contribution >= 4 is 29.1 Å². The van der Waals surface area contributed by atoms with Crippen LogP contribution in [0.15, 0.2) is 33.8 Å². The van der Waals surface area contributed by atoms with Crippen LogP contribution in [0, 0.1) is 5.92 Å². The summed E-state index contributed by atoms with van der Waals surface area (Å²) in [5, 5.41) is 8.66. The zero-order chi connectivity index (χ0) is 18.0. The Labute approximate surface area is 146 Å². The lowest BCUT2D eigenvalue weighted by molar-refractivity contribution is 0.0933. The molecule has 3 rings (SSSR count). The summed E-state index contributed by atoms with van der Waals surface area (Å²) in [5.74, 6) is -1.25. The van der Waals surface area contributed by atoms with Crippen molar-refractivity contribution in [3.63, 3.8) is 0 Å². The zero-order valence-corrected chi connectivity index (χ0v) is 13.9. The first-order valence-corrected chi connectivity index (χ1v) is 8.54. The van der Waals surface area contributed by atoms with Crippen LogP contribution >= 0.6 is 11.3 Å². The summed E-state index contributed by atoms with van der Waals surface area (Å²) in [6.45, 7) is 0.378. The number of nitrogens with two attached hydrogens (primary N) is 1. The van der Waals surface area contributed by atoms with E-state index in [0.717, 1.165) is 6.42 Å². The van der Waals surface area contributed by atoms with Crippen LogP contribution in [0.1, 0.15) is 37.6 Å². The highest BCUT2D eigenvalue weighted by Gasteiger charge is 2.38. The monoisotopic (exact) mass is 360 g/mol. The Morgan fingerprint density at radius 2 is 1.96 bits per heavy atom. The van der Waals surface area contributed by atoms with E-state index >= 15 is 0 Å². The lowest BCUT2D eigenvalue weighted by Crippen LogP contribution is -2.32. The minimum Gasteiger partial charge on any atom is -0.366 e. The molecule has 8 nitrogen and oxygen atoms in total. The van der Waals surface area contributed by atoms with E-state index < -0.39 is 5.91 Å². The van der Waals surface area contributed by atoms with E-state index in [-0.39, 0.29) is 46.2 Å². The van der Waals surface area contributed by atoms with E-state index in [2.05, 4.69) is 15.6 Å². The molecule has 0 unspecified atom stereocenters. The molecule has 2 heterocycles. The maximum absolute atomic E-state index is 12.1. The molecule has 1 aliphatic carbocycles. The zero-order valence-electron chi connectivity index (χ0n) is 13.1. The molecule has 0 aromatic carbocycles. The summed E-state index contributed by atoms with van der Waals surface area (Å²) in [7, 11) is 0. The maximum atomic E-state index is 12.1. The van der Waals surface area contributed by atoms with Gasteiger partial charge in [-0.15, -0.1) is 0 Å². The third-order valence-corrected chi connectivity index (χ3v) is 4.69. The van der Waals surface area contributed by atoms with Gasteiger partial charge in [-0.2, -0.15) is 11.3 Å². The number of hydrogen-bond donors (Lipinski definition) is 4. The first-order valence-electron chi connectivity index (χ1n) is 7.60. The van der Waals surface area contributed by atoms with E-state index in [1.54, 1.807) is 5.38 Å². The van der Waals surface area contributed by atoms with E-state index in [4.69, 9.17) is 5.73 Å². The van der Waals surface area contributed by atoms with E-state index in [1.807, 2.05) is 0 Å².